The Morgan fingerprint density at radius 2 is 1.90 bits per heavy atom. The van der Waals surface area contributed by atoms with Gasteiger partial charge in [-0.05, 0) is 23.8 Å². The van der Waals surface area contributed by atoms with E-state index in [9.17, 15) is 24.8 Å². The smallest absolute Gasteiger partial charge is 0.410 e. The highest BCUT2D eigenvalue weighted by Gasteiger charge is 2.21. The Balaban J connectivity index is 1.61. The van der Waals surface area contributed by atoms with Crippen molar-refractivity contribution in [3.8, 4) is 5.75 Å². The molecule has 1 aromatic heterocycles. The van der Waals surface area contributed by atoms with Crippen molar-refractivity contribution in [2.24, 2.45) is 0 Å². The lowest BCUT2D eigenvalue weighted by Crippen LogP contribution is -2.42. The van der Waals surface area contributed by atoms with Crippen LogP contribution in [0.5, 0.6) is 5.75 Å². The van der Waals surface area contributed by atoms with Crippen LogP contribution < -0.4 is 10.1 Å². The number of rotatable bonds is 8. The summed E-state index contributed by atoms with van der Waals surface area (Å²) in [5, 5.41) is 23.0. The molecule has 10 nitrogen and oxygen atoms in total. The normalized spacial score (nSPS) is 11.5. The highest BCUT2D eigenvalue weighted by atomic mass is 16.7. The molecule has 0 spiro atoms. The van der Waals surface area contributed by atoms with Gasteiger partial charge in [-0.1, -0.05) is 30.3 Å². The zero-order chi connectivity index (χ0) is 21.5. The van der Waals surface area contributed by atoms with Crippen molar-refractivity contribution in [3.05, 3.63) is 76.5 Å². The number of pyridine rings is 1. The molecule has 0 saturated heterocycles. The van der Waals surface area contributed by atoms with Crippen LogP contribution in [0, 0.1) is 10.1 Å². The Kier molecular flexibility index (Phi) is 6.38. The number of carbonyl (C=O) groups excluding carboxylic acids is 1. The number of carboxylic acid groups (broad SMARTS) is 1. The van der Waals surface area contributed by atoms with Crippen molar-refractivity contribution in [1.29, 1.82) is 0 Å². The van der Waals surface area contributed by atoms with Gasteiger partial charge in [0.05, 0.1) is 10.3 Å². The second kappa shape index (κ2) is 9.32. The Hall–Kier alpha value is -4.21. The summed E-state index contributed by atoms with van der Waals surface area (Å²) >= 11 is 0. The molecule has 3 rings (SSSR count). The lowest BCUT2D eigenvalue weighted by atomic mass is 10.1. The van der Waals surface area contributed by atoms with Gasteiger partial charge in [0, 0.05) is 18.7 Å². The van der Waals surface area contributed by atoms with E-state index in [0.29, 0.717) is 0 Å². The van der Waals surface area contributed by atoms with E-state index in [1.165, 1.54) is 24.4 Å². The molecule has 0 radical (unpaired) electrons. The van der Waals surface area contributed by atoms with E-state index in [0.717, 1.165) is 5.56 Å². The van der Waals surface area contributed by atoms with Crippen molar-refractivity contribution in [2.75, 3.05) is 6.79 Å². The van der Waals surface area contributed by atoms with Crippen LogP contribution >= 0.6 is 0 Å². The highest BCUT2D eigenvalue weighted by molar-refractivity contribution is 5.92. The van der Waals surface area contributed by atoms with Crippen molar-refractivity contribution in [3.63, 3.8) is 0 Å². The van der Waals surface area contributed by atoms with Crippen molar-refractivity contribution in [2.45, 2.75) is 12.5 Å². The number of non-ortho nitro benzene ring substituents is 1. The number of nitrogens with one attached hydrogen (secondary N) is 1. The van der Waals surface area contributed by atoms with Gasteiger partial charge in [0.1, 0.15) is 17.3 Å². The van der Waals surface area contributed by atoms with E-state index in [1.807, 2.05) is 0 Å². The third kappa shape index (κ3) is 4.98. The van der Waals surface area contributed by atoms with Gasteiger partial charge in [-0.3, -0.25) is 15.1 Å². The first-order chi connectivity index (χ1) is 14.5. The van der Waals surface area contributed by atoms with Gasteiger partial charge in [0.15, 0.2) is 0 Å². The van der Waals surface area contributed by atoms with E-state index in [2.05, 4.69) is 10.3 Å². The van der Waals surface area contributed by atoms with Gasteiger partial charge in [-0.25, -0.2) is 9.59 Å². The van der Waals surface area contributed by atoms with Crippen molar-refractivity contribution in [1.82, 2.24) is 10.3 Å². The summed E-state index contributed by atoms with van der Waals surface area (Å²) in [5.41, 5.74) is 0.849. The summed E-state index contributed by atoms with van der Waals surface area (Å²) in [6, 6.07) is 13.4. The van der Waals surface area contributed by atoms with E-state index >= 15 is 0 Å². The molecular weight excluding hydrogens is 394 g/mol. The Morgan fingerprint density at radius 3 is 2.60 bits per heavy atom. The fourth-order valence-electron chi connectivity index (χ4n) is 2.79. The first-order valence-electron chi connectivity index (χ1n) is 8.80. The van der Waals surface area contributed by atoms with Gasteiger partial charge >= 0.3 is 12.1 Å². The molecule has 30 heavy (non-hydrogen) atoms. The Labute approximate surface area is 170 Å². The molecule has 0 saturated carbocycles. The number of aromatic nitrogens is 1. The average molecular weight is 411 g/mol. The predicted molar refractivity (Wildman–Crippen MR) is 105 cm³/mol. The number of alkyl carbamates (subject to hydrolysis) is 1. The van der Waals surface area contributed by atoms with Crippen LogP contribution in [0.25, 0.3) is 10.9 Å². The molecule has 0 bridgehead atoms. The zero-order valence-electron chi connectivity index (χ0n) is 15.6. The van der Waals surface area contributed by atoms with Gasteiger partial charge < -0.3 is 19.9 Å². The third-order valence-corrected chi connectivity index (χ3v) is 4.18. The summed E-state index contributed by atoms with van der Waals surface area (Å²) in [6.07, 6.45) is 0.564. The van der Waals surface area contributed by atoms with Crippen LogP contribution in [-0.2, 0) is 16.0 Å². The van der Waals surface area contributed by atoms with Crippen LogP contribution in [0.3, 0.4) is 0 Å². The van der Waals surface area contributed by atoms with Crippen LogP contribution in [0.4, 0.5) is 10.5 Å². The monoisotopic (exact) mass is 411 g/mol. The molecule has 1 amide bonds. The van der Waals surface area contributed by atoms with Gasteiger partial charge in [0.25, 0.3) is 5.69 Å². The molecule has 0 aliphatic rings. The molecule has 0 aliphatic heterocycles. The highest BCUT2D eigenvalue weighted by Crippen LogP contribution is 2.31. The summed E-state index contributed by atoms with van der Waals surface area (Å²) in [4.78, 5) is 38.0. The number of amides is 1. The quantitative estimate of drug-likeness (QED) is 0.327. The average Bonchev–Trinajstić information content (AvgIpc) is 2.73. The second-order valence-corrected chi connectivity index (χ2v) is 6.16. The van der Waals surface area contributed by atoms with Crippen molar-refractivity contribution >= 4 is 28.7 Å². The molecule has 2 aromatic carbocycles. The maximum absolute atomic E-state index is 12.0. The number of carbonyl (C=O) groups is 2. The van der Waals surface area contributed by atoms with Crippen LogP contribution in [-0.4, -0.2) is 39.9 Å². The standard InChI is InChI=1S/C20H17N3O7/c24-19(25)15(11-13-5-2-1-3-6-13)22-20(26)30-12-29-17-9-8-16(23(27)28)14-7-4-10-21-18(14)17/h1-10,15H,11-12H2,(H,22,26)(H,24,25). The lowest BCUT2D eigenvalue weighted by Gasteiger charge is -2.15. The fraction of sp³-hybridized carbons (Fsp3) is 0.150. The Morgan fingerprint density at radius 1 is 1.13 bits per heavy atom. The van der Waals surface area contributed by atoms with Crippen LogP contribution in [0.15, 0.2) is 60.8 Å². The number of nitro benzene ring substituents is 1. The van der Waals surface area contributed by atoms with E-state index in [-0.39, 0.29) is 28.8 Å². The minimum Gasteiger partial charge on any atom is -0.480 e. The number of aliphatic carboxylic acids is 1. The fourth-order valence-corrected chi connectivity index (χ4v) is 2.79. The van der Waals surface area contributed by atoms with E-state index < -0.39 is 29.8 Å². The second-order valence-electron chi connectivity index (χ2n) is 6.16. The molecule has 0 fully saturated rings. The molecule has 10 heteroatoms. The summed E-state index contributed by atoms with van der Waals surface area (Å²) in [7, 11) is 0. The molecule has 2 N–H and O–H groups in total. The largest absolute Gasteiger partial charge is 0.480 e. The number of hydrogen-bond donors (Lipinski definition) is 2. The van der Waals surface area contributed by atoms with Gasteiger partial charge in [0.2, 0.25) is 6.79 Å². The van der Waals surface area contributed by atoms with E-state index in [1.54, 1.807) is 36.4 Å². The number of fused-ring (bicyclic) bond motifs is 1. The summed E-state index contributed by atoms with van der Waals surface area (Å²) < 4.78 is 10.3. The topological polar surface area (TPSA) is 141 Å². The molecule has 154 valence electrons. The molecule has 1 atom stereocenters. The van der Waals surface area contributed by atoms with Crippen molar-refractivity contribution < 1.29 is 29.1 Å². The number of benzene rings is 2. The molecular formula is C20H17N3O7. The minimum atomic E-state index is -1.21. The number of ether oxygens (including phenoxy) is 2. The lowest BCUT2D eigenvalue weighted by molar-refractivity contribution is -0.383. The predicted octanol–water partition coefficient (Wildman–Crippen LogP) is 2.90. The van der Waals surface area contributed by atoms with Gasteiger partial charge in [-0.2, -0.15) is 0 Å². The molecule has 1 unspecified atom stereocenters. The molecule has 1 heterocycles. The van der Waals surface area contributed by atoms with Crippen LogP contribution in [0.1, 0.15) is 5.56 Å². The number of carboxylic acids is 1. The van der Waals surface area contributed by atoms with Gasteiger partial charge in [-0.15, -0.1) is 0 Å². The third-order valence-electron chi connectivity index (χ3n) is 4.18. The van der Waals surface area contributed by atoms with Crippen LogP contribution in [0.2, 0.25) is 0 Å². The summed E-state index contributed by atoms with van der Waals surface area (Å²) in [5.74, 6) is -1.02. The SMILES string of the molecule is O=C(NC(Cc1ccccc1)C(=O)O)OCOc1ccc([N+](=O)[O-])c2cccnc12. The maximum atomic E-state index is 12.0. The first-order valence-corrected chi connectivity index (χ1v) is 8.80. The first kappa shape index (κ1) is 20.5. The zero-order valence-corrected chi connectivity index (χ0v) is 15.6. The number of nitrogens with zero attached hydrogens (tertiary/aromatic N) is 2. The number of hydrogen-bond acceptors (Lipinski definition) is 7. The number of nitro groups is 1. The molecule has 3 aromatic rings. The molecule has 0 aliphatic carbocycles. The minimum absolute atomic E-state index is 0.0863. The summed E-state index contributed by atoms with van der Waals surface area (Å²) in [6.45, 7) is -0.535. The van der Waals surface area contributed by atoms with E-state index in [4.69, 9.17) is 9.47 Å². The Bertz CT molecular complexity index is 1070. The maximum Gasteiger partial charge on any atom is 0.410 e.